The molecule has 2 heterocycles. The van der Waals surface area contributed by atoms with E-state index in [1.807, 2.05) is 18.2 Å². The summed E-state index contributed by atoms with van der Waals surface area (Å²) in [5.41, 5.74) is 1.75. The summed E-state index contributed by atoms with van der Waals surface area (Å²) in [6, 6.07) is 14.3. The number of nitrogens with one attached hydrogen (secondary N) is 1. The van der Waals surface area contributed by atoms with Crippen molar-refractivity contribution in [2.45, 2.75) is 25.7 Å². The molecule has 6 nitrogen and oxygen atoms in total. The summed E-state index contributed by atoms with van der Waals surface area (Å²) in [4.78, 5) is 26.4. The fraction of sp³-hybridized carbons (Fsp3) is 0.273. The van der Waals surface area contributed by atoms with Gasteiger partial charge in [-0.15, -0.1) is 10.2 Å². The van der Waals surface area contributed by atoms with Crippen molar-refractivity contribution in [2.75, 3.05) is 16.8 Å². The first kappa shape index (κ1) is 21.4. The van der Waals surface area contributed by atoms with Gasteiger partial charge in [-0.3, -0.25) is 9.59 Å². The average molecular weight is 459 g/mol. The van der Waals surface area contributed by atoms with Crippen molar-refractivity contribution in [2.24, 2.45) is 5.92 Å². The molecule has 1 fully saturated rings. The molecule has 0 saturated carbocycles. The highest BCUT2D eigenvalue weighted by Crippen LogP contribution is 2.29. The highest BCUT2D eigenvalue weighted by atomic mass is 35.5. The summed E-state index contributed by atoms with van der Waals surface area (Å²) >= 11 is 7.16. The van der Waals surface area contributed by atoms with E-state index in [-0.39, 0.29) is 29.8 Å². The van der Waals surface area contributed by atoms with Crippen molar-refractivity contribution in [1.29, 1.82) is 0 Å². The molecule has 0 radical (unpaired) electrons. The number of nitrogens with zero attached hydrogens (tertiary/aromatic N) is 3. The van der Waals surface area contributed by atoms with Crippen molar-refractivity contribution < 1.29 is 14.0 Å². The first-order valence-corrected chi connectivity index (χ1v) is 11.1. The maximum absolute atomic E-state index is 13.4. The quantitative estimate of drug-likeness (QED) is 0.565. The predicted octanol–water partition coefficient (Wildman–Crippen LogP) is 4.50. The molecular formula is C22H20ClFN4O2S. The predicted molar refractivity (Wildman–Crippen MR) is 119 cm³/mol. The number of amides is 2. The summed E-state index contributed by atoms with van der Waals surface area (Å²) in [5.74, 6) is -1.57. The van der Waals surface area contributed by atoms with Gasteiger partial charge in [0.05, 0.1) is 10.9 Å². The molecule has 2 amide bonds. The molecule has 0 spiro atoms. The third-order valence-corrected chi connectivity index (χ3v) is 6.29. The summed E-state index contributed by atoms with van der Waals surface area (Å²) < 4.78 is 13.4. The fourth-order valence-corrected chi connectivity index (χ4v) is 4.45. The Morgan fingerprint density at radius 2 is 2.00 bits per heavy atom. The highest BCUT2D eigenvalue weighted by molar-refractivity contribution is 7.15. The second-order valence-corrected chi connectivity index (χ2v) is 8.80. The third kappa shape index (κ3) is 5.26. The number of benzene rings is 2. The molecule has 1 aliphatic rings. The molecule has 2 aromatic carbocycles. The minimum absolute atomic E-state index is 0.0631. The lowest BCUT2D eigenvalue weighted by Crippen LogP contribution is -2.28. The van der Waals surface area contributed by atoms with Crippen LogP contribution in [0.5, 0.6) is 0 Å². The number of carbonyl (C=O) groups excluding carboxylic acids is 2. The molecular weight excluding hydrogens is 439 g/mol. The van der Waals surface area contributed by atoms with E-state index in [1.165, 1.54) is 40.0 Å². The van der Waals surface area contributed by atoms with E-state index in [1.54, 1.807) is 0 Å². The Kier molecular flexibility index (Phi) is 6.58. The minimum Gasteiger partial charge on any atom is -0.312 e. The van der Waals surface area contributed by atoms with Gasteiger partial charge >= 0.3 is 0 Å². The molecule has 1 aliphatic heterocycles. The van der Waals surface area contributed by atoms with Crippen LogP contribution in [0.2, 0.25) is 5.02 Å². The van der Waals surface area contributed by atoms with Crippen LogP contribution in [-0.4, -0.2) is 28.6 Å². The Balaban J connectivity index is 1.30. The van der Waals surface area contributed by atoms with E-state index in [0.29, 0.717) is 10.8 Å². The summed E-state index contributed by atoms with van der Waals surface area (Å²) in [7, 11) is 0. The second-order valence-electron chi connectivity index (χ2n) is 7.33. The standard InChI is InChI=1S/C22H20ClFN4O2S/c23-17-12-16(9-10-18(17)24)28-13-15(11-20(28)29)21(30)25-22-27-26-19(31-22)8-4-7-14-5-2-1-3-6-14/h1-3,5-6,9-10,12,15H,4,7-8,11,13H2,(H,25,27,30). The SMILES string of the molecule is O=C(Nc1nnc(CCCc2ccccc2)s1)C1CC(=O)N(c2ccc(F)c(Cl)c2)C1. The van der Waals surface area contributed by atoms with Gasteiger partial charge in [0, 0.05) is 25.1 Å². The lowest BCUT2D eigenvalue weighted by atomic mass is 10.1. The zero-order chi connectivity index (χ0) is 21.8. The van der Waals surface area contributed by atoms with E-state index >= 15 is 0 Å². The van der Waals surface area contributed by atoms with Gasteiger partial charge in [-0.2, -0.15) is 0 Å². The van der Waals surface area contributed by atoms with Gasteiger partial charge in [0.1, 0.15) is 10.8 Å². The largest absolute Gasteiger partial charge is 0.312 e. The van der Waals surface area contributed by atoms with Gasteiger partial charge < -0.3 is 10.2 Å². The third-order valence-electron chi connectivity index (χ3n) is 5.11. The van der Waals surface area contributed by atoms with Crippen LogP contribution in [0.15, 0.2) is 48.5 Å². The Labute approximate surface area is 188 Å². The van der Waals surface area contributed by atoms with Gasteiger partial charge in [0.2, 0.25) is 16.9 Å². The highest BCUT2D eigenvalue weighted by Gasteiger charge is 2.35. The number of anilines is 2. The normalized spacial score (nSPS) is 16.0. The molecule has 9 heteroatoms. The molecule has 0 aliphatic carbocycles. The van der Waals surface area contributed by atoms with Crippen molar-refractivity contribution in [1.82, 2.24) is 10.2 Å². The number of aryl methyl sites for hydroxylation is 2. The average Bonchev–Trinajstić information content (AvgIpc) is 3.37. The number of carbonyl (C=O) groups is 2. The van der Waals surface area contributed by atoms with E-state index in [4.69, 9.17) is 11.6 Å². The minimum atomic E-state index is -0.554. The smallest absolute Gasteiger partial charge is 0.231 e. The van der Waals surface area contributed by atoms with Crippen molar-refractivity contribution >= 4 is 45.6 Å². The van der Waals surface area contributed by atoms with Crippen molar-refractivity contribution in [3.05, 3.63) is 69.9 Å². The fourth-order valence-electron chi connectivity index (χ4n) is 3.49. The zero-order valence-corrected chi connectivity index (χ0v) is 18.1. The van der Waals surface area contributed by atoms with Crippen LogP contribution in [0.1, 0.15) is 23.4 Å². The topological polar surface area (TPSA) is 75.2 Å². The Bertz CT molecular complexity index is 1090. The molecule has 1 saturated heterocycles. The maximum atomic E-state index is 13.4. The van der Waals surface area contributed by atoms with Gasteiger partial charge in [-0.05, 0) is 36.6 Å². The van der Waals surface area contributed by atoms with E-state index in [0.717, 1.165) is 24.3 Å². The number of hydrogen-bond acceptors (Lipinski definition) is 5. The van der Waals surface area contributed by atoms with Gasteiger partial charge in [0.25, 0.3) is 0 Å². The first-order valence-electron chi connectivity index (χ1n) is 9.92. The summed E-state index contributed by atoms with van der Waals surface area (Å²) in [6.07, 6.45) is 2.75. The first-order chi connectivity index (χ1) is 15.0. The lowest BCUT2D eigenvalue weighted by molar-refractivity contribution is -0.122. The van der Waals surface area contributed by atoms with Crippen LogP contribution >= 0.6 is 22.9 Å². The van der Waals surface area contributed by atoms with Gasteiger partial charge in [-0.25, -0.2) is 4.39 Å². The Morgan fingerprint density at radius 1 is 1.19 bits per heavy atom. The molecule has 1 atom stereocenters. The number of halogens is 2. The van der Waals surface area contributed by atoms with Crippen LogP contribution < -0.4 is 10.2 Å². The van der Waals surface area contributed by atoms with Crippen LogP contribution in [0.3, 0.4) is 0 Å². The van der Waals surface area contributed by atoms with E-state index < -0.39 is 11.7 Å². The molecule has 1 N–H and O–H groups in total. The van der Waals surface area contributed by atoms with E-state index in [2.05, 4.69) is 27.6 Å². The number of rotatable bonds is 7. The molecule has 1 unspecified atom stereocenters. The van der Waals surface area contributed by atoms with Crippen molar-refractivity contribution in [3.8, 4) is 0 Å². The second kappa shape index (κ2) is 9.53. The van der Waals surface area contributed by atoms with Gasteiger partial charge in [-0.1, -0.05) is 53.3 Å². The monoisotopic (exact) mass is 458 g/mol. The molecule has 3 aromatic rings. The Hall–Kier alpha value is -2.84. The zero-order valence-electron chi connectivity index (χ0n) is 16.6. The molecule has 160 valence electrons. The van der Waals surface area contributed by atoms with E-state index in [9.17, 15) is 14.0 Å². The number of hydrogen-bond donors (Lipinski definition) is 1. The van der Waals surface area contributed by atoms with Gasteiger partial charge in [0.15, 0.2) is 0 Å². The molecule has 31 heavy (non-hydrogen) atoms. The van der Waals surface area contributed by atoms with Crippen LogP contribution in [0.25, 0.3) is 0 Å². The van der Waals surface area contributed by atoms with Crippen LogP contribution in [0, 0.1) is 11.7 Å². The lowest BCUT2D eigenvalue weighted by Gasteiger charge is -2.17. The van der Waals surface area contributed by atoms with Crippen LogP contribution in [-0.2, 0) is 22.4 Å². The summed E-state index contributed by atoms with van der Waals surface area (Å²) in [6.45, 7) is 0.204. The summed E-state index contributed by atoms with van der Waals surface area (Å²) in [5, 5.41) is 12.2. The van der Waals surface area contributed by atoms with Crippen molar-refractivity contribution in [3.63, 3.8) is 0 Å². The molecule has 4 rings (SSSR count). The molecule has 1 aromatic heterocycles. The maximum Gasteiger partial charge on any atom is 0.231 e. The molecule has 0 bridgehead atoms. The number of aromatic nitrogens is 2. The Morgan fingerprint density at radius 3 is 2.77 bits per heavy atom. The van der Waals surface area contributed by atoms with Crippen LogP contribution in [0.4, 0.5) is 15.2 Å².